The maximum atomic E-state index is 13.5. The second-order valence-corrected chi connectivity index (χ2v) is 8.93. The largest absolute Gasteiger partial charge is 0.341 e. The number of likely N-dealkylation sites (N-methyl/N-ethyl adjacent to an activating group) is 2. The van der Waals surface area contributed by atoms with Gasteiger partial charge in [-0.15, -0.1) is 0 Å². The van der Waals surface area contributed by atoms with Gasteiger partial charge in [-0.1, -0.05) is 86.1 Å². The number of benzene rings is 3. The first kappa shape index (κ1) is 26.9. The minimum atomic E-state index is -0.855. The minimum absolute atomic E-state index is 0.223. The van der Waals surface area contributed by atoms with Gasteiger partial charge in [-0.25, -0.2) is 4.79 Å². The Hall–Kier alpha value is -3.71. The van der Waals surface area contributed by atoms with Gasteiger partial charge in [-0.05, 0) is 41.8 Å². The fourth-order valence-electron chi connectivity index (χ4n) is 4.10. The Morgan fingerprint density at radius 3 is 2.28 bits per heavy atom. The van der Waals surface area contributed by atoms with Crippen LogP contribution in [0.4, 0.5) is 0 Å². The van der Waals surface area contributed by atoms with E-state index < -0.39 is 24.0 Å². The number of nitrogens with zero attached hydrogens (tertiary/aromatic N) is 1. The smallest absolute Gasteiger partial charge is 0.332 e. The Morgan fingerprint density at radius 2 is 1.58 bits per heavy atom. The standard InChI is InChI=1S/C29H35N3O4/c1-4-5-15-27(33)36-31-28(34)26(20-21-11-7-6-8-12-21)32(3)29(35)25(30-2)19-22-16-17-23-13-9-10-14-24(23)18-22/h6-14,16-18,25-26,30H,4-5,15,19-20H2,1-3H3,(H,31,34)/t25-,26-/m1/s1. The first-order valence-corrected chi connectivity index (χ1v) is 12.4. The summed E-state index contributed by atoms with van der Waals surface area (Å²) in [6.45, 7) is 1.97. The number of hydrogen-bond donors (Lipinski definition) is 2. The molecule has 3 aromatic carbocycles. The molecular formula is C29H35N3O4. The highest BCUT2D eigenvalue weighted by Gasteiger charge is 2.31. The monoisotopic (exact) mass is 489 g/mol. The van der Waals surface area contributed by atoms with Crippen molar-refractivity contribution in [1.29, 1.82) is 0 Å². The van der Waals surface area contributed by atoms with Crippen molar-refractivity contribution in [3.05, 3.63) is 83.9 Å². The Balaban J connectivity index is 1.75. The van der Waals surface area contributed by atoms with Gasteiger partial charge >= 0.3 is 5.97 Å². The van der Waals surface area contributed by atoms with Gasteiger partial charge in [0.2, 0.25) is 5.91 Å². The lowest BCUT2D eigenvalue weighted by atomic mass is 9.99. The van der Waals surface area contributed by atoms with Gasteiger partial charge in [-0.2, -0.15) is 5.48 Å². The molecule has 0 spiro atoms. The summed E-state index contributed by atoms with van der Waals surface area (Å²) in [5.41, 5.74) is 4.18. The average molecular weight is 490 g/mol. The Bertz CT molecular complexity index is 1170. The van der Waals surface area contributed by atoms with E-state index in [1.54, 1.807) is 14.1 Å². The van der Waals surface area contributed by atoms with E-state index in [1.165, 1.54) is 4.90 Å². The number of unbranched alkanes of at least 4 members (excludes halogenated alkanes) is 1. The van der Waals surface area contributed by atoms with Crippen molar-refractivity contribution >= 4 is 28.6 Å². The van der Waals surface area contributed by atoms with Gasteiger partial charge in [0.1, 0.15) is 6.04 Å². The summed E-state index contributed by atoms with van der Waals surface area (Å²) in [5.74, 6) is -1.26. The van der Waals surface area contributed by atoms with Crippen molar-refractivity contribution < 1.29 is 19.2 Å². The molecule has 0 unspecified atom stereocenters. The van der Waals surface area contributed by atoms with Crippen molar-refractivity contribution in [1.82, 2.24) is 15.7 Å². The third-order valence-electron chi connectivity index (χ3n) is 6.29. The van der Waals surface area contributed by atoms with Gasteiger partial charge < -0.3 is 15.1 Å². The average Bonchev–Trinajstić information content (AvgIpc) is 2.91. The second-order valence-electron chi connectivity index (χ2n) is 8.93. The van der Waals surface area contributed by atoms with Crippen LogP contribution in [0.3, 0.4) is 0 Å². The predicted molar refractivity (Wildman–Crippen MR) is 141 cm³/mol. The molecular weight excluding hydrogens is 454 g/mol. The maximum Gasteiger partial charge on any atom is 0.332 e. The molecule has 2 amide bonds. The molecule has 190 valence electrons. The molecule has 3 rings (SSSR count). The molecule has 0 aliphatic heterocycles. The number of carbonyl (C=O) groups excluding carboxylic acids is 3. The molecule has 7 heteroatoms. The molecule has 0 radical (unpaired) electrons. The summed E-state index contributed by atoms with van der Waals surface area (Å²) in [7, 11) is 3.35. The lowest BCUT2D eigenvalue weighted by Gasteiger charge is -2.30. The van der Waals surface area contributed by atoms with E-state index in [4.69, 9.17) is 4.84 Å². The van der Waals surface area contributed by atoms with Crippen LogP contribution in [-0.4, -0.2) is 48.9 Å². The molecule has 0 aliphatic carbocycles. The van der Waals surface area contributed by atoms with Crippen LogP contribution in [0.1, 0.15) is 37.3 Å². The molecule has 2 N–H and O–H groups in total. The highest BCUT2D eigenvalue weighted by Crippen LogP contribution is 2.18. The normalized spacial score (nSPS) is 12.5. The van der Waals surface area contributed by atoms with Crippen molar-refractivity contribution in [2.45, 2.75) is 51.1 Å². The SMILES string of the molecule is CCCCC(=O)ONC(=O)[C@@H](Cc1ccccc1)N(C)C(=O)[C@@H](Cc1ccc2ccccc2c1)NC. The van der Waals surface area contributed by atoms with E-state index in [0.29, 0.717) is 12.8 Å². The maximum absolute atomic E-state index is 13.5. The summed E-state index contributed by atoms with van der Waals surface area (Å²) >= 11 is 0. The zero-order valence-corrected chi connectivity index (χ0v) is 21.2. The molecule has 0 fully saturated rings. The van der Waals surface area contributed by atoms with Crippen molar-refractivity contribution in [2.75, 3.05) is 14.1 Å². The molecule has 7 nitrogen and oxygen atoms in total. The van der Waals surface area contributed by atoms with Crippen LogP contribution in [0.2, 0.25) is 0 Å². The van der Waals surface area contributed by atoms with Crippen molar-refractivity contribution in [2.24, 2.45) is 0 Å². The number of hydrogen-bond acceptors (Lipinski definition) is 5. The van der Waals surface area contributed by atoms with Crippen LogP contribution < -0.4 is 10.8 Å². The van der Waals surface area contributed by atoms with Crippen LogP contribution >= 0.6 is 0 Å². The molecule has 3 aromatic rings. The summed E-state index contributed by atoms with van der Waals surface area (Å²) in [4.78, 5) is 45.0. The van der Waals surface area contributed by atoms with E-state index in [2.05, 4.69) is 22.9 Å². The lowest BCUT2D eigenvalue weighted by Crippen LogP contribution is -2.54. The third kappa shape index (κ3) is 7.39. The fourth-order valence-corrected chi connectivity index (χ4v) is 4.10. The van der Waals surface area contributed by atoms with Crippen molar-refractivity contribution in [3.63, 3.8) is 0 Å². The predicted octanol–water partition coefficient (Wildman–Crippen LogP) is 3.80. The summed E-state index contributed by atoms with van der Waals surface area (Å²) in [6, 6.07) is 22.3. The number of nitrogens with one attached hydrogen (secondary N) is 2. The topological polar surface area (TPSA) is 87.7 Å². The van der Waals surface area contributed by atoms with Gasteiger partial charge in [0, 0.05) is 19.9 Å². The Morgan fingerprint density at radius 1 is 0.889 bits per heavy atom. The van der Waals surface area contributed by atoms with E-state index in [1.807, 2.05) is 67.6 Å². The third-order valence-corrected chi connectivity index (χ3v) is 6.29. The van der Waals surface area contributed by atoms with Gasteiger partial charge in [0.15, 0.2) is 0 Å². The highest BCUT2D eigenvalue weighted by molar-refractivity contribution is 5.90. The first-order chi connectivity index (χ1) is 17.4. The highest BCUT2D eigenvalue weighted by atomic mass is 16.7. The zero-order valence-electron chi connectivity index (χ0n) is 21.2. The van der Waals surface area contributed by atoms with Crippen molar-refractivity contribution in [3.8, 4) is 0 Å². The fraction of sp³-hybridized carbons (Fsp3) is 0.345. The molecule has 0 saturated carbocycles. The van der Waals surface area contributed by atoms with Crippen LogP contribution in [-0.2, 0) is 32.1 Å². The molecule has 0 heterocycles. The summed E-state index contributed by atoms with van der Waals surface area (Å²) < 4.78 is 0. The van der Waals surface area contributed by atoms with Crippen LogP contribution in [0.5, 0.6) is 0 Å². The molecule has 0 aromatic heterocycles. The Kier molecular flexibility index (Phi) is 10.0. The van der Waals surface area contributed by atoms with Crippen LogP contribution in [0.25, 0.3) is 10.8 Å². The van der Waals surface area contributed by atoms with Gasteiger partial charge in [0.25, 0.3) is 5.91 Å². The molecule has 0 saturated heterocycles. The number of rotatable bonds is 11. The summed E-state index contributed by atoms with van der Waals surface area (Å²) in [5, 5.41) is 5.35. The van der Waals surface area contributed by atoms with Gasteiger partial charge in [0.05, 0.1) is 6.04 Å². The second kappa shape index (κ2) is 13.4. The first-order valence-electron chi connectivity index (χ1n) is 12.4. The number of carbonyl (C=O) groups is 3. The quantitative estimate of drug-likeness (QED) is 0.400. The van der Waals surface area contributed by atoms with Gasteiger partial charge in [-0.3, -0.25) is 9.59 Å². The van der Waals surface area contributed by atoms with Crippen LogP contribution in [0, 0.1) is 0 Å². The zero-order chi connectivity index (χ0) is 25.9. The number of amides is 2. The molecule has 36 heavy (non-hydrogen) atoms. The Labute approximate surface area is 212 Å². The number of hydroxylamine groups is 1. The molecule has 2 atom stereocenters. The van der Waals surface area contributed by atoms with E-state index in [0.717, 1.165) is 28.3 Å². The van der Waals surface area contributed by atoms with Crippen LogP contribution in [0.15, 0.2) is 72.8 Å². The number of fused-ring (bicyclic) bond motifs is 1. The van der Waals surface area contributed by atoms with E-state index in [-0.39, 0.29) is 18.7 Å². The molecule has 0 bridgehead atoms. The minimum Gasteiger partial charge on any atom is -0.341 e. The van der Waals surface area contributed by atoms with E-state index >= 15 is 0 Å². The summed E-state index contributed by atoms with van der Waals surface area (Å²) in [6.07, 6.45) is 2.51. The molecule has 0 aliphatic rings. The van der Waals surface area contributed by atoms with E-state index in [9.17, 15) is 14.4 Å². The lowest BCUT2D eigenvalue weighted by molar-refractivity contribution is -0.161.